The molecular weight excluding hydrogens is 442 g/mol. The van der Waals surface area contributed by atoms with Crippen LogP contribution in [0, 0.1) is 13.8 Å². The number of hydrogen-bond acceptors (Lipinski definition) is 7. The van der Waals surface area contributed by atoms with Gasteiger partial charge in [0, 0.05) is 12.0 Å². The van der Waals surface area contributed by atoms with E-state index >= 15 is 0 Å². The van der Waals surface area contributed by atoms with E-state index in [0.29, 0.717) is 42.1 Å². The molecule has 0 bridgehead atoms. The summed E-state index contributed by atoms with van der Waals surface area (Å²) in [5, 5.41) is 0. The highest BCUT2D eigenvalue weighted by Gasteiger charge is 2.24. The van der Waals surface area contributed by atoms with E-state index in [9.17, 15) is 13.2 Å². The highest BCUT2D eigenvalue weighted by molar-refractivity contribution is 7.91. The van der Waals surface area contributed by atoms with Gasteiger partial charge in [0.2, 0.25) is 5.89 Å². The van der Waals surface area contributed by atoms with Crippen molar-refractivity contribution in [2.75, 3.05) is 19.0 Å². The van der Waals surface area contributed by atoms with Crippen molar-refractivity contribution in [1.29, 1.82) is 0 Å². The lowest BCUT2D eigenvalue weighted by Gasteiger charge is -2.20. The summed E-state index contributed by atoms with van der Waals surface area (Å²) in [5.41, 5.74) is 3.11. The Balaban J connectivity index is 1.39. The van der Waals surface area contributed by atoms with Gasteiger partial charge in [-0.05, 0) is 49.6 Å². The number of nitrogens with zero attached hydrogens (tertiary/aromatic N) is 1. The number of aromatic nitrogens is 1. The van der Waals surface area contributed by atoms with Crippen molar-refractivity contribution in [2.24, 2.45) is 0 Å². The Bertz CT molecular complexity index is 1260. The van der Waals surface area contributed by atoms with Gasteiger partial charge in [-0.15, -0.1) is 0 Å². The van der Waals surface area contributed by atoms with E-state index < -0.39 is 15.6 Å². The molecule has 7 nitrogen and oxygen atoms in total. The fourth-order valence-electron chi connectivity index (χ4n) is 3.77. The molecule has 0 saturated carbocycles. The molecule has 2 heterocycles. The summed E-state index contributed by atoms with van der Waals surface area (Å²) in [6.07, 6.45) is 0.116. The van der Waals surface area contributed by atoms with Gasteiger partial charge in [0.1, 0.15) is 30.5 Å². The first kappa shape index (κ1) is 23.0. The second-order valence-corrected chi connectivity index (χ2v) is 10.5. The van der Waals surface area contributed by atoms with Crippen molar-refractivity contribution in [3.8, 4) is 23.0 Å². The zero-order valence-electron chi connectivity index (χ0n) is 19.0. The van der Waals surface area contributed by atoms with Crippen molar-refractivity contribution in [1.82, 2.24) is 4.98 Å². The molecule has 0 N–H and O–H groups in total. The Morgan fingerprint density at radius 1 is 1.03 bits per heavy atom. The second kappa shape index (κ2) is 9.39. The molecule has 3 aromatic rings. The lowest BCUT2D eigenvalue weighted by Crippen LogP contribution is -2.20. The van der Waals surface area contributed by atoms with Crippen LogP contribution in [0.15, 0.2) is 46.9 Å². The summed E-state index contributed by atoms with van der Waals surface area (Å²) < 4.78 is 42.2. The molecule has 8 heteroatoms. The van der Waals surface area contributed by atoms with E-state index in [-0.39, 0.29) is 23.9 Å². The van der Waals surface area contributed by atoms with Gasteiger partial charge < -0.3 is 13.9 Å². The van der Waals surface area contributed by atoms with Crippen molar-refractivity contribution >= 4 is 15.6 Å². The van der Waals surface area contributed by atoms with Crippen LogP contribution in [0.3, 0.4) is 0 Å². The van der Waals surface area contributed by atoms with Gasteiger partial charge in [-0.1, -0.05) is 30.7 Å². The number of Topliss-reactive ketones (excluding diaryl/α,β-unsaturated/α-hetero) is 1. The number of oxazole rings is 1. The first-order chi connectivity index (χ1) is 15.7. The SMILES string of the molecule is Cc1ccc(-c2nc(CS(=O)(=O)CC(=O)CC(C)c3ccc4c(c3)OCCO4)c(C)o2)cc1. The van der Waals surface area contributed by atoms with Crippen molar-refractivity contribution in [3.63, 3.8) is 0 Å². The molecule has 0 radical (unpaired) electrons. The molecule has 1 atom stereocenters. The number of benzene rings is 2. The van der Waals surface area contributed by atoms with Crippen LogP contribution >= 0.6 is 0 Å². The fourth-order valence-corrected chi connectivity index (χ4v) is 5.17. The molecule has 1 aromatic heterocycles. The number of fused-ring (bicyclic) bond motifs is 1. The molecule has 4 rings (SSSR count). The summed E-state index contributed by atoms with van der Waals surface area (Å²) in [4.78, 5) is 17.0. The van der Waals surface area contributed by atoms with Crippen LogP contribution in [0.2, 0.25) is 0 Å². The zero-order valence-corrected chi connectivity index (χ0v) is 19.8. The Hall–Kier alpha value is -3.13. The van der Waals surface area contributed by atoms with Crippen LogP contribution in [0.1, 0.15) is 41.8 Å². The topological polar surface area (TPSA) is 95.7 Å². The van der Waals surface area contributed by atoms with Crippen LogP contribution in [-0.2, 0) is 20.4 Å². The van der Waals surface area contributed by atoms with Crippen LogP contribution in [0.25, 0.3) is 11.5 Å². The number of carbonyl (C=O) groups is 1. The maximum Gasteiger partial charge on any atom is 0.226 e. The molecule has 0 saturated heterocycles. The fraction of sp³-hybridized carbons (Fsp3) is 0.360. The molecule has 1 unspecified atom stereocenters. The largest absolute Gasteiger partial charge is 0.486 e. The van der Waals surface area contributed by atoms with Crippen molar-refractivity contribution < 1.29 is 27.1 Å². The molecule has 0 amide bonds. The third-order valence-corrected chi connectivity index (χ3v) is 7.07. The van der Waals surface area contributed by atoms with Gasteiger partial charge in [-0.25, -0.2) is 13.4 Å². The highest BCUT2D eigenvalue weighted by atomic mass is 32.2. The minimum atomic E-state index is -3.69. The van der Waals surface area contributed by atoms with Crippen molar-refractivity contribution in [2.45, 2.75) is 38.9 Å². The Morgan fingerprint density at radius 3 is 2.45 bits per heavy atom. The van der Waals surface area contributed by atoms with Gasteiger partial charge in [0.25, 0.3) is 0 Å². The van der Waals surface area contributed by atoms with Crippen molar-refractivity contribution in [3.05, 3.63) is 65.0 Å². The lowest BCUT2D eigenvalue weighted by atomic mass is 9.95. The van der Waals surface area contributed by atoms with E-state index in [1.165, 1.54) is 0 Å². The molecule has 33 heavy (non-hydrogen) atoms. The molecule has 0 spiro atoms. The summed E-state index contributed by atoms with van der Waals surface area (Å²) in [6.45, 7) is 6.55. The number of hydrogen-bond donors (Lipinski definition) is 0. The second-order valence-electron chi connectivity index (χ2n) is 8.47. The Labute approximate surface area is 193 Å². The van der Waals surface area contributed by atoms with Crippen LogP contribution in [0.4, 0.5) is 0 Å². The number of rotatable bonds is 8. The zero-order chi connectivity index (χ0) is 23.6. The first-order valence-electron chi connectivity index (χ1n) is 10.9. The smallest absolute Gasteiger partial charge is 0.226 e. The van der Waals surface area contributed by atoms with Crippen LogP contribution in [0.5, 0.6) is 11.5 Å². The number of ketones is 1. The third-order valence-electron chi connectivity index (χ3n) is 5.60. The summed E-state index contributed by atoms with van der Waals surface area (Å²) in [5.74, 6) is 0.785. The van der Waals surface area contributed by atoms with E-state index in [1.54, 1.807) is 6.92 Å². The summed E-state index contributed by atoms with van der Waals surface area (Å²) in [6, 6.07) is 13.2. The predicted octanol–water partition coefficient (Wildman–Crippen LogP) is 4.41. The minimum absolute atomic E-state index is 0.116. The van der Waals surface area contributed by atoms with E-state index in [2.05, 4.69) is 4.98 Å². The maximum absolute atomic E-state index is 12.7. The Morgan fingerprint density at radius 2 is 1.73 bits per heavy atom. The van der Waals surface area contributed by atoms with Gasteiger partial charge >= 0.3 is 0 Å². The lowest BCUT2D eigenvalue weighted by molar-refractivity contribution is -0.117. The van der Waals surface area contributed by atoms with Gasteiger partial charge in [-0.2, -0.15) is 0 Å². The number of carbonyl (C=O) groups excluding carboxylic acids is 1. The predicted molar refractivity (Wildman–Crippen MR) is 124 cm³/mol. The van der Waals surface area contributed by atoms with E-state index in [4.69, 9.17) is 13.9 Å². The Kier molecular flexibility index (Phi) is 6.56. The molecule has 0 fully saturated rings. The molecule has 0 aliphatic carbocycles. The minimum Gasteiger partial charge on any atom is -0.486 e. The molecular formula is C25H27NO6S. The monoisotopic (exact) mass is 469 g/mol. The molecule has 2 aromatic carbocycles. The molecule has 1 aliphatic rings. The highest BCUT2D eigenvalue weighted by Crippen LogP contribution is 2.34. The average Bonchev–Trinajstić information content (AvgIpc) is 3.12. The summed E-state index contributed by atoms with van der Waals surface area (Å²) in [7, 11) is -3.69. The standard InChI is InChI=1S/C25H27NO6S/c1-16-4-6-19(7-5-16)25-26-22(18(3)32-25)15-33(28,29)14-21(27)12-17(2)20-8-9-23-24(13-20)31-11-10-30-23/h4-9,13,17H,10-12,14-15H2,1-3H3. The number of aryl methyl sites for hydroxylation is 2. The quantitative estimate of drug-likeness (QED) is 0.482. The molecule has 1 aliphatic heterocycles. The normalized spacial score (nSPS) is 14.2. The van der Waals surface area contributed by atoms with Gasteiger partial charge in [0.05, 0.1) is 11.4 Å². The van der Waals surface area contributed by atoms with E-state index in [1.807, 2.05) is 56.3 Å². The van der Waals surface area contributed by atoms with Gasteiger partial charge in [-0.3, -0.25) is 4.79 Å². The summed E-state index contributed by atoms with van der Waals surface area (Å²) >= 11 is 0. The number of sulfone groups is 1. The average molecular weight is 470 g/mol. The molecule has 174 valence electrons. The van der Waals surface area contributed by atoms with Gasteiger partial charge in [0.15, 0.2) is 21.3 Å². The van der Waals surface area contributed by atoms with E-state index in [0.717, 1.165) is 16.7 Å². The maximum atomic E-state index is 12.7. The third kappa shape index (κ3) is 5.63. The number of ether oxygens (including phenoxy) is 2. The van der Waals surface area contributed by atoms with Crippen LogP contribution in [-0.4, -0.2) is 38.2 Å². The first-order valence-corrected chi connectivity index (χ1v) is 12.7. The van der Waals surface area contributed by atoms with Crippen LogP contribution < -0.4 is 9.47 Å².